The van der Waals surface area contributed by atoms with Crippen molar-refractivity contribution >= 4 is 5.96 Å². The van der Waals surface area contributed by atoms with Gasteiger partial charge in [0.25, 0.3) is 0 Å². The third kappa shape index (κ3) is 5.08. The maximum Gasteiger partial charge on any atom is 0.191 e. The average Bonchev–Trinajstić information content (AvgIpc) is 2.66. The van der Waals surface area contributed by atoms with E-state index in [4.69, 9.17) is 4.99 Å². The molecule has 0 aliphatic carbocycles. The summed E-state index contributed by atoms with van der Waals surface area (Å²) in [5.41, 5.74) is 0.141. The molecule has 4 heterocycles. The lowest BCUT2D eigenvalue weighted by Gasteiger charge is -2.47. The van der Waals surface area contributed by atoms with Gasteiger partial charge < -0.3 is 10.6 Å². The second-order valence-electron chi connectivity index (χ2n) is 8.43. The standard InChI is InChI=1S/C19H38N6/c1-4-20-18(21-14-17-15-23-10-12-24(17)13-11-23)22-16-19(2,3)25-8-6-5-7-9-25/h17H,4-16H2,1-3H3,(H2,20,21,22). The Morgan fingerprint density at radius 1 is 1.00 bits per heavy atom. The largest absolute Gasteiger partial charge is 0.357 e. The first-order chi connectivity index (χ1) is 12.1. The first kappa shape index (κ1) is 18.9. The van der Waals surface area contributed by atoms with E-state index in [2.05, 4.69) is 46.1 Å². The van der Waals surface area contributed by atoms with Gasteiger partial charge in [0.15, 0.2) is 5.96 Å². The van der Waals surface area contributed by atoms with E-state index < -0.39 is 0 Å². The number of piperidine rings is 1. The molecular weight excluding hydrogens is 312 g/mol. The van der Waals surface area contributed by atoms with Crippen molar-refractivity contribution in [2.45, 2.75) is 51.6 Å². The van der Waals surface area contributed by atoms with E-state index in [1.54, 1.807) is 0 Å². The SMILES string of the molecule is CCNC(=NCC(C)(C)N1CCCCC1)NCC1CN2CCN1CC2. The van der Waals surface area contributed by atoms with Crippen LogP contribution in [-0.4, -0.2) is 97.7 Å². The van der Waals surface area contributed by atoms with Crippen molar-refractivity contribution in [3.05, 3.63) is 0 Å². The second kappa shape index (κ2) is 8.69. The van der Waals surface area contributed by atoms with Crippen LogP contribution in [0.3, 0.4) is 0 Å². The molecule has 1 atom stereocenters. The van der Waals surface area contributed by atoms with Gasteiger partial charge in [0, 0.05) is 57.4 Å². The molecule has 4 rings (SSSR count). The molecule has 0 spiro atoms. The van der Waals surface area contributed by atoms with E-state index in [1.165, 1.54) is 65.1 Å². The average molecular weight is 351 g/mol. The Morgan fingerprint density at radius 2 is 1.72 bits per heavy atom. The van der Waals surface area contributed by atoms with Crippen LogP contribution in [0.1, 0.15) is 40.0 Å². The lowest BCUT2D eigenvalue weighted by molar-refractivity contribution is 0.0154. The van der Waals surface area contributed by atoms with E-state index >= 15 is 0 Å². The summed E-state index contributed by atoms with van der Waals surface area (Å²) in [4.78, 5) is 12.8. The number of hydrogen-bond donors (Lipinski definition) is 2. The fourth-order valence-electron chi connectivity index (χ4n) is 4.35. The zero-order chi connectivity index (χ0) is 17.7. The Hall–Kier alpha value is -0.850. The van der Waals surface area contributed by atoms with Gasteiger partial charge in [-0.3, -0.25) is 19.7 Å². The number of fused-ring (bicyclic) bond motifs is 3. The van der Waals surface area contributed by atoms with Gasteiger partial charge in [-0.05, 0) is 46.7 Å². The fourth-order valence-corrected chi connectivity index (χ4v) is 4.35. The minimum absolute atomic E-state index is 0.141. The van der Waals surface area contributed by atoms with E-state index in [0.717, 1.165) is 25.6 Å². The van der Waals surface area contributed by atoms with Crippen molar-refractivity contribution < 1.29 is 0 Å². The number of piperazine rings is 3. The van der Waals surface area contributed by atoms with E-state index in [9.17, 15) is 0 Å². The van der Waals surface area contributed by atoms with Crippen molar-refractivity contribution in [2.75, 3.05) is 65.4 Å². The maximum absolute atomic E-state index is 4.93. The molecule has 6 nitrogen and oxygen atoms in total. The van der Waals surface area contributed by atoms with Gasteiger partial charge in [-0.15, -0.1) is 0 Å². The van der Waals surface area contributed by atoms with Crippen LogP contribution in [0.4, 0.5) is 0 Å². The minimum atomic E-state index is 0.141. The number of nitrogens with one attached hydrogen (secondary N) is 2. The minimum Gasteiger partial charge on any atom is -0.357 e. The number of rotatable bonds is 6. The molecule has 0 aromatic heterocycles. The molecule has 2 bridgehead atoms. The van der Waals surface area contributed by atoms with Crippen LogP contribution in [0.5, 0.6) is 0 Å². The lowest BCUT2D eigenvalue weighted by Crippen LogP contribution is -2.63. The Balaban J connectivity index is 1.51. The van der Waals surface area contributed by atoms with Crippen LogP contribution in [0.15, 0.2) is 4.99 Å². The Morgan fingerprint density at radius 3 is 2.32 bits per heavy atom. The topological polar surface area (TPSA) is 46.1 Å². The highest BCUT2D eigenvalue weighted by molar-refractivity contribution is 5.79. The number of nitrogens with zero attached hydrogens (tertiary/aromatic N) is 4. The van der Waals surface area contributed by atoms with Gasteiger partial charge in [0.05, 0.1) is 6.54 Å². The van der Waals surface area contributed by atoms with Crippen molar-refractivity contribution in [1.82, 2.24) is 25.3 Å². The molecule has 0 aromatic carbocycles. The third-order valence-corrected chi connectivity index (χ3v) is 6.08. The summed E-state index contributed by atoms with van der Waals surface area (Å²) in [5, 5.41) is 7.03. The normalized spacial score (nSPS) is 31.2. The Labute approximate surface area is 154 Å². The maximum atomic E-state index is 4.93. The van der Waals surface area contributed by atoms with Gasteiger partial charge in [-0.25, -0.2) is 0 Å². The molecule has 0 saturated carbocycles. The van der Waals surface area contributed by atoms with Gasteiger partial charge in [-0.1, -0.05) is 6.42 Å². The smallest absolute Gasteiger partial charge is 0.191 e. The van der Waals surface area contributed by atoms with Crippen molar-refractivity contribution in [3.8, 4) is 0 Å². The Bertz CT molecular complexity index is 435. The zero-order valence-corrected chi connectivity index (χ0v) is 16.6. The molecule has 4 saturated heterocycles. The summed E-state index contributed by atoms with van der Waals surface area (Å²) in [6.07, 6.45) is 4.05. The van der Waals surface area contributed by atoms with Crippen molar-refractivity contribution in [2.24, 2.45) is 4.99 Å². The molecule has 4 fully saturated rings. The molecule has 6 heteroatoms. The zero-order valence-electron chi connectivity index (χ0n) is 16.6. The first-order valence-electron chi connectivity index (χ1n) is 10.3. The van der Waals surface area contributed by atoms with E-state index in [0.29, 0.717) is 6.04 Å². The van der Waals surface area contributed by atoms with Crippen molar-refractivity contribution in [3.63, 3.8) is 0 Å². The molecular formula is C19H38N6. The molecule has 0 aromatic rings. The lowest BCUT2D eigenvalue weighted by atomic mass is 9.99. The van der Waals surface area contributed by atoms with E-state index in [-0.39, 0.29) is 5.54 Å². The summed E-state index contributed by atoms with van der Waals surface area (Å²) in [5.74, 6) is 0.977. The van der Waals surface area contributed by atoms with Crippen LogP contribution >= 0.6 is 0 Å². The molecule has 25 heavy (non-hydrogen) atoms. The summed E-state index contributed by atoms with van der Waals surface area (Å²) >= 11 is 0. The first-order valence-corrected chi connectivity index (χ1v) is 10.3. The number of aliphatic imine (C=N–C) groups is 1. The second-order valence-corrected chi connectivity index (χ2v) is 8.43. The van der Waals surface area contributed by atoms with E-state index in [1.807, 2.05) is 0 Å². The Kier molecular flexibility index (Phi) is 6.58. The fraction of sp³-hybridized carbons (Fsp3) is 0.947. The quantitative estimate of drug-likeness (QED) is 0.548. The van der Waals surface area contributed by atoms with Crippen LogP contribution in [0.2, 0.25) is 0 Å². The van der Waals surface area contributed by atoms with Gasteiger partial charge in [0.2, 0.25) is 0 Å². The molecule has 0 radical (unpaired) electrons. The molecule has 2 N–H and O–H groups in total. The van der Waals surface area contributed by atoms with Crippen LogP contribution in [0.25, 0.3) is 0 Å². The molecule has 144 valence electrons. The highest BCUT2D eigenvalue weighted by atomic mass is 15.4. The molecule has 4 aliphatic rings. The summed E-state index contributed by atoms with van der Waals surface area (Å²) < 4.78 is 0. The predicted molar refractivity (Wildman–Crippen MR) is 105 cm³/mol. The van der Waals surface area contributed by atoms with Crippen molar-refractivity contribution in [1.29, 1.82) is 0 Å². The monoisotopic (exact) mass is 350 g/mol. The van der Waals surface area contributed by atoms with Crippen LogP contribution in [0, 0.1) is 0 Å². The predicted octanol–water partition coefficient (Wildman–Crippen LogP) is 0.806. The highest BCUT2D eigenvalue weighted by Gasteiger charge is 2.32. The van der Waals surface area contributed by atoms with Gasteiger partial charge in [-0.2, -0.15) is 0 Å². The van der Waals surface area contributed by atoms with Gasteiger partial charge in [0.1, 0.15) is 0 Å². The highest BCUT2D eigenvalue weighted by Crippen LogP contribution is 2.21. The summed E-state index contributed by atoms with van der Waals surface area (Å²) in [6.45, 7) is 18.2. The molecule has 1 unspecified atom stereocenters. The molecule has 0 amide bonds. The summed E-state index contributed by atoms with van der Waals surface area (Å²) in [7, 11) is 0. The number of guanidine groups is 1. The van der Waals surface area contributed by atoms with Crippen LogP contribution < -0.4 is 10.6 Å². The third-order valence-electron chi connectivity index (χ3n) is 6.08. The van der Waals surface area contributed by atoms with Gasteiger partial charge >= 0.3 is 0 Å². The molecule has 4 aliphatic heterocycles. The number of hydrogen-bond acceptors (Lipinski definition) is 4. The van der Waals surface area contributed by atoms with Crippen LogP contribution in [-0.2, 0) is 0 Å². The summed E-state index contributed by atoms with van der Waals surface area (Å²) in [6, 6.07) is 0.626. The number of likely N-dealkylation sites (tertiary alicyclic amines) is 1.